The lowest BCUT2D eigenvalue weighted by atomic mass is 10.1. The topological polar surface area (TPSA) is 99.7 Å². The van der Waals surface area contributed by atoms with Gasteiger partial charge in [-0.1, -0.05) is 13.8 Å². The molecule has 1 heterocycles. The van der Waals surface area contributed by atoms with Crippen molar-refractivity contribution in [3.8, 4) is 0 Å². The first-order valence-electron chi connectivity index (χ1n) is 9.83. The van der Waals surface area contributed by atoms with Crippen LogP contribution in [0, 0.1) is 5.92 Å². The minimum Gasteiger partial charge on any atom is -0.393 e. The third-order valence-corrected chi connectivity index (χ3v) is 4.41. The molecule has 2 amide bonds. The van der Waals surface area contributed by atoms with Crippen molar-refractivity contribution in [2.45, 2.75) is 70.3 Å². The molecule has 1 aliphatic heterocycles. The number of hydrogen-bond acceptors (Lipinski definition) is 6. The average molecular weight is 406 g/mol. The van der Waals surface area contributed by atoms with E-state index in [-0.39, 0.29) is 28.8 Å². The molecule has 0 saturated carbocycles. The SMILES string of the molecule is CC(CCNC=O)OCCC(C)(C)S.CC(O)CCNC(=O)C1CCNC1. The molecule has 3 unspecified atom stereocenters. The lowest BCUT2D eigenvalue weighted by Crippen LogP contribution is -2.33. The number of hydrogen-bond donors (Lipinski definition) is 5. The van der Waals surface area contributed by atoms with Gasteiger partial charge in [0.2, 0.25) is 12.3 Å². The van der Waals surface area contributed by atoms with Crippen LogP contribution in [0.1, 0.15) is 53.4 Å². The lowest BCUT2D eigenvalue weighted by Gasteiger charge is -2.19. The Hall–Kier alpha value is -0.830. The van der Waals surface area contributed by atoms with Crippen molar-refractivity contribution in [3.63, 3.8) is 0 Å². The van der Waals surface area contributed by atoms with Crippen LogP contribution in [0.25, 0.3) is 0 Å². The van der Waals surface area contributed by atoms with E-state index in [4.69, 9.17) is 9.84 Å². The molecule has 0 aromatic heterocycles. The first-order valence-corrected chi connectivity index (χ1v) is 10.3. The standard InChI is InChI=1S/C10H21NO2S.C9H18N2O2/c1-9(4-6-11-8-12)13-7-5-10(2,3)14;1-7(12)2-5-11-9(13)8-3-4-10-6-8/h8-9,14H,4-7H2,1-3H3,(H,11,12);7-8,10,12H,2-6H2,1H3,(H,11,13). The van der Waals surface area contributed by atoms with Gasteiger partial charge in [0, 0.05) is 31.0 Å². The molecular weight excluding hydrogens is 366 g/mol. The highest BCUT2D eigenvalue weighted by Crippen LogP contribution is 2.17. The Morgan fingerprint density at radius 3 is 2.59 bits per heavy atom. The Bertz CT molecular complexity index is 397. The zero-order chi connectivity index (χ0) is 20.7. The third kappa shape index (κ3) is 17.0. The Morgan fingerprint density at radius 2 is 2.07 bits per heavy atom. The molecule has 8 heteroatoms. The van der Waals surface area contributed by atoms with E-state index in [1.807, 2.05) is 6.92 Å². The molecule has 0 spiro atoms. The number of nitrogens with one attached hydrogen (secondary N) is 3. The molecule has 1 aliphatic rings. The summed E-state index contributed by atoms with van der Waals surface area (Å²) in [5, 5.41) is 17.5. The van der Waals surface area contributed by atoms with E-state index in [0.717, 1.165) is 39.0 Å². The van der Waals surface area contributed by atoms with Crippen LogP contribution in [0.2, 0.25) is 0 Å². The smallest absolute Gasteiger partial charge is 0.224 e. The summed E-state index contributed by atoms with van der Waals surface area (Å²) >= 11 is 4.40. The molecule has 27 heavy (non-hydrogen) atoms. The van der Waals surface area contributed by atoms with Crippen LogP contribution in [0.15, 0.2) is 0 Å². The van der Waals surface area contributed by atoms with Gasteiger partial charge in [-0.15, -0.1) is 0 Å². The maximum atomic E-state index is 11.4. The molecular formula is C19H39N3O4S. The summed E-state index contributed by atoms with van der Waals surface area (Å²) in [5.41, 5.74) is 0. The normalized spacial score (nSPS) is 18.8. The zero-order valence-electron chi connectivity index (χ0n) is 17.3. The van der Waals surface area contributed by atoms with Crippen LogP contribution in [-0.2, 0) is 14.3 Å². The van der Waals surface area contributed by atoms with E-state index in [9.17, 15) is 9.59 Å². The number of aliphatic hydroxyl groups is 1. The number of rotatable bonds is 12. The van der Waals surface area contributed by atoms with Gasteiger partial charge in [0.25, 0.3) is 0 Å². The van der Waals surface area contributed by atoms with Crippen LogP contribution >= 0.6 is 12.6 Å². The summed E-state index contributed by atoms with van der Waals surface area (Å²) in [4.78, 5) is 21.4. The van der Waals surface area contributed by atoms with Gasteiger partial charge >= 0.3 is 0 Å². The van der Waals surface area contributed by atoms with Gasteiger partial charge in [0.05, 0.1) is 18.1 Å². The molecule has 3 atom stereocenters. The number of aliphatic hydroxyl groups excluding tert-OH is 1. The Kier molecular flexibility index (Phi) is 14.7. The summed E-state index contributed by atoms with van der Waals surface area (Å²) in [6, 6.07) is 0. The van der Waals surface area contributed by atoms with Crippen molar-refractivity contribution in [3.05, 3.63) is 0 Å². The molecule has 1 saturated heterocycles. The van der Waals surface area contributed by atoms with E-state index >= 15 is 0 Å². The second kappa shape index (κ2) is 15.1. The lowest BCUT2D eigenvalue weighted by molar-refractivity contribution is -0.124. The van der Waals surface area contributed by atoms with Gasteiger partial charge in [0.1, 0.15) is 0 Å². The highest BCUT2D eigenvalue weighted by molar-refractivity contribution is 7.81. The molecule has 0 aromatic rings. The number of thiol groups is 1. The van der Waals surface area contributed by atoms with Crippen LogP contribution in [0.5, 0.6) is 0 Å². The molecule has 4 N–H and O–H groups in total. The average Bonchev–Trinajstić information content (AvgIpc) is 3.08. The number of carbonyl (C=O) groups excluding carboxylic acids is 2. The fraction of sp³-hybridized carbons (Fsp3) is 0.895. The fourth-order valence-corrected chi connectivity index (χ4v) is 2.46. The molecule has 0 bridgehead atoms. The maximum Gasteiger partial charge on any atom is 0.224 e. The van der Waals surface area contributed by atoms with Gasteiger partial charge in [-0.05, 0) is 46.1 Å². The van der Waals surface area contributed by atoms with Crippen molar-refractivity contribution in [2.75, 3.05) is 32.8 Å². The van der Waals surface area contributed by atoms with Crippen molar-refractivity contribution >= 4 is 24.9 Å². The Balaban J connectivity index is 0.000000501. The Labute approximate surface area is 169 Å². The van der Waals surface area contributed by atoms with E-state index < -0.39 is 0 Å². The molecule has 0 aromatic carbocycles. The Morgan fingerprint density at radius 1 is 1.37 bits per heavy atom. The van der Waals surface area contributed by atoms with Gasteiger partial charge in [-0.3, -0.25) is 9.59 Å². The van der Waals surface area contributed by atoms with Gasteiger partial charge < -0.3 is 25.8 Å². The minimum absolute atomic E-state index is 0.0285. The molecule has 160 valence electrons. The van der Waals surface area contributed by atoms with E-state index in [2.05, 4.69) is 42.4 Å². The highest BCUT2D eigenvalue weighted by Gasteiger charge is 2.21. The quantitative estimate of drug-likeness (QED) is 0.190. The zero-order valence-corrected chi connectivity index (χ0v) is 18.2. The van der Waals surface area contributed by atoms with E-state index in [1.165, 1.54) is 0 Å². The van der Waals surface area contributed by atoms with Crippen LogP contribution in [0.3, 0.4) is 0 Å². The van der Waals surface area contributed by atoms with Gasteiger partial charge in [0.15, 0.2) is 0 Å². The third-order valence-electron chi connectivity index (χ3n) is 4.19. The van der Waals surface area contributed by atoms with Crippen LogP contribution < -0.4 is 16.0 Å². The van der Waals surface area contributed by atoms with Crippen molar-refractivity contribution in [2.24, 2.45) is 5.92 Å². The number of amides is 2. The van der Waals surface area contributed by atoms with Crippen LogP contribution in [-0.4, -0.2) is 67.2 Å². The summed E-state index contributed by atoms with van der Waals surface area (Å²) in [5.74, 6) is 0.250. The summed E-state index contributed by atoms with van der Waals surface area (Å²) < 4.78 is 5.59. The maximum absolute atomic E-state index is 11.4. The first kappa shape index (κ1) is 26.2. The predicted octanol–water partition coefficient (Wildman–Crippen LogP) is 1.11. The first-order chi connectivity index (χ1) is 12.7. The van der Waals surface area contributed by atoms with E-state index in [1.54, 1.807) is 6.92 Å². The molecule has 1 fully saturated rings. The summed E-state index contributed by atoms with van der Waals surface area (Å²) in [6.07, 6.45) is 3.92. The van der Waals surface area contributed by atoms with Crippen molar-refractivity contribution in [1.82, 2.24) is 16.0 Å². The number of ether oxygens (including phenoxy) is 1. The molecule has 7 nitrogen and oxygen atoms in total. The second-order valence-electron chi connectivity index (χ2n) is 7.72. The van der Waals surface area contributed by atoms with Gasteiger partial charge in [-0.25, -0.2) is 0 Å². The minimum atomic E-state index is -0.331. The van der Waals surface area contributed by atoms with Crippen molar-refractivity contribution in [1.29, 1.82) is 0 Å². The largest absolute Gasteiger partial charge is 0.393 e. The second-order valence-corrected chi connectivity index (χ2v) is 8.93. The van der Waals surface area contributed by atoms with Gasteiger partial charge in [-0.2, -0.15) is 12.6 Å². The summed E-state index contributed by atoms with van der Waals surface area (Å²) in [6.45, 7) is 11.6. The molecule has 0 radical (unpaired) electrons. The molecule has 0 aliphatic carbocycles. The predicted molar refractivity (Wildman–Crippen MR) is 112 cm³/mol. The number of carbonyl (C=O) groups is 2. The van der Waals surface area contributed by atoms with Crippen LogP contribution in [0.4, 0.5) is 0 Å². The fourth-order valence-electron chi connectivity index (χ4n) is 2.37. The highest BCUT2D eigenvalue weighted by atomic mass is 32.1. The summed E-state index contributed by atoms with van der Waals surface area (Å²) in [7, 11) is 0. The van der Waals surface area contributed by atoms with E-state index in [0.29, 0.717) is 25.9 Å². The monoisotopic (exact) mass is 405 g/mol. The molecule has 1 rings (SSSR count). The van der Waals surface area contributed by atoms with Crippen molar-refractivity contribution < 1.29 is 19.4 Å².